The van der Waals surface area contributed by atoms with Gasteiger partial charge in [0, 0.05) is 6.42 Å². The summed E-state index contributed by atoms with van der Waals surface area (Å²) in [5.74, 6) is 0.0380. The first-order chi connectivity index (χ1) is 10.7. The predicted octanol–water partition coefficient (Wildman–Crippen LogP) is 4.49. The number of ketones is 1. The van der Waals surface area contributed by atoms with Crippen molar-refractivity contribution < 1.29 is 14.0 Å². The molecule has 1 aromatic rings. The fraction of sp³-hybridized carbons (Fsp3) is 0.526. The first-order valence-corrected chi connectivity index (χ1v) is 11.2. The van der Waals surface area contributed by atoms with Crippen LogP contribution in [0.2, 0.25) is 18.1 Å². The summed E-state index contributed by atoms with van der Waals surface area (Å²) in [6.45, 7) is 11.6. The fourth-order valence-corrected chi connectivity index (χ4v) is 3.56. The van der Waals surface area contributed by atoms with E-state index in [-0.39, 0.29) is 16.9 Å². The second-order valence-electron chi connectivity index (χ2n) is 7.70. The molecule has 0 unspecified atom stereocenters. The van der Waals surface area contributed by atoms with Gasteiger partial charge in [-0.15, -0.1) is 0 Å². The van der Waals surface area contributed by atoms with E-state index in [4.69, 9.17) is 9.16 Å². The van der Waals surface area contributed by atoms with Gasteiger partial charge in [0.05, 0.1) is 12.7 Å². The Kier molecular flexibility index (Phi) is 5.60. The van der Waals surface area contributed by atoms with Gasteiger partial charge in [-0.1, -0.05) is 57.2 Å². The Bertz CT molecular complexity index is 558. The lowest BCUT2D eigenvalue weighted by atomic mass is 10.0. The van der Waals surface area contributed by atoms with Gasteiger partial charge in [-0.25, -0.2) is 0 Å². The van der Waals surface area contributed by atoms with Crippen LogP contribution in [0.4, 0.5) is 0 Å². The Hall–Kier alpha value is -1.23. The number of carbonyl (C=O) groups is 1. The minimum absolute atomic E-state index is 0.0330. The summed E-state index contributed by atoms with van der Waals surface area (Å²) in [6.07, 6.45) is 3.68. The summed E-state index contributed by atoms with van der Waals surface area (Å²) in [7, 11) is -1.85. The lowest BCUT2D eigenvalue weighted by molar-refractivity contribution is -0.129. The van der Waals surface area contributed by atoms with Gasteiger partial charge in [-0.3, -0.25) is 4.79 Å². The molecule has 0 radical (unpaired) electrons. The standard InChI is InChI=1S/C19H28O3Si/c1-19(2,3)23(4,5)22-16-11-12-17(20)18(13-16)21-14-15-9-7-6-8-10-15/h6-12,16,18H,13-14H2,1-5H3/t16-,18-/m0/s1. The SMILES string of the molecule is CC(C)(C)[Si](C)(C)O[C@H]1C=CC(=O)[C@@H](OCc2ccccc2)C1. The third-order valence-electron chi connectivity index (χ3n) is 4.79. The topological polar surface area (TPSA) is 35.5 Å². The van der Waals surface area contributed by atoms with Gasteiger partial charge in [0.15, 0.2) is 14.1 Å². The van der Waals surface area contributed by atoms with Gasteiger partial charge in [0.25, 0.3) is 0 Å². The Morgan fingerprint density at radius 2 is 1.83 bits per heavy atom. The monoisotopic (exact) mass is 332 g/mol. The normalized spacial score (nSPS) is 22.4. The third kappa shape index (κ3) is 4.87. The van der Waals surface area contributed by atoms with Gasteiger partial charge in [-0.05, 0) is 29.8 Å². The first-order valence-electron chi connectivity index (χ1n) is 8.24. The Morgan fingerprint density at radius 3 is 2.43 bits per heavy atom. The molecule has 0 amide bonds. The maximum atomic E-state index is 12.1. The van der Waals surface area contributed by atoms with Gasteiger partial charge in [0.2, 0.25) is 0 Å². The molecular formula is C19H28O3Si. The molecule has 0 bridgehead atoms. The summed E-state index contributed by atoms with van der Waals surface area (Å²) in [5.41, 5.74) is 1.08. The predicted molar refractivity (Wildman–Crippen MR) is 95.9 cm³/mol. The highest BCUT2D eigenvalue weighted by Gasteiger charge is 2.40. The summed E-state index contributed by atoms with van der Waals surface area (Å²) in [6, 6.07) is 9.94. The van der Waals surface area contributed by atoms with Crippen LogP contribution in [-0.4, -0.2) is 26.3 Å². The molecule has 23 heavy (non-hydrogen) atoms. The van der Waals surface area contributed by atoms with Crippen LogP contribution >= 0.6 is 0 Å². The zero-order chi connectivity index (χ0) is 17.1. The quantitative estimate of drug-likeness (QED) is 0.745. The van der Waals surface area contributed by atoms with Gasteiger partial charge < -0.3 is 9.16 Å². The highest BCUT2D eigenvalue weighted by molar-refractivity contribution is 6.74. The van der Waals surface area contributed by atoms with Gasteiger partial charge in [-0.2, -0.15) is 0 Å². The summed E-state index contributed by atoms with van der Waals surface area (Å²) < 4.78 is 12.2. The van der Waals surface area contributed by atoms with E-state index in [1.807, 2.05) is 36.4 Å². The molecule has 0 spiro atoms. The molecule has 4 heteroatoms. The molecule has 2 rings (SSSR count). The van der Waals surface area contributed by atoms with Crippen molar-refractivity contribution >= 4 is 14.1 Å². The number of ether oxygens (including phenoxy) is 1. The number of hydrogen-bond donors (Lipinski definition) is 0. The molecule has 0 saturated heterocycles. The Morgan fingerprint density at radius 1 is 1.17 bits per heavy atom. The average Bonchev–Trinajstić information content (AvgIpc) is 2.47. The summed E-state index contributed by atoms with van der Waals surface area (Å²) in [4.78, 5) is 12.1. The van der Waals surface area contributed by atoms with Crippen LogP contribution in [0.15, 0.2) is 42.5 Å². The number of rotatable bonds is 5. The van der Waals surface area contributed by atoms with E-state index in [0.29, 0.717) is 13.0 Å². The van der Waals surface area contributed by atoms with Crippen LogP contribution in [0, 0.1) is 0 Å². The molecular weight excluding hydrogens is 304 g/mol. The summed E-state index contributed by atoms with van der Waals surface area (Å²) >= 11 is 0. The van der Waals surface area contributed by atoms with E-state index >= 15 is 0 Å². The summed E-state index contributed by atoms with van der Waals surface area (Å²) in [5, 5.41) is 0.155. The maximum absolute atomic E-state index is 12.1. The van der Waals surface area contributed by atoms with Crippen molar-refractivity contribution in [3.05, 3.63) is 48.0 Å². The van der Waals surface area contributed by atoms with Crippen LogP contribution in [0.1, 0.15) is 32.8 Å². The highest BCUT2D eigenvalue weighted by atomic mass is 28.4. The van der Waals surface area contributed by atoms with E-state index in [9.17, 15) is 4.79 Å². The molecule has 1 aliphatic carbocycles. The molecule has 2 atom stereocenters. The Labute approximate surface area is 140 Å². The second kappa shape index (κ2) is 7.12. The molecule has 0 aliphatic heterocycles. The van der Waals surface area contributed by atoms with Crippen LogP contribution in [0.5, 0.6) is 0 Å². The van der Waals surface area contributed by atoms with E-state index in [0.717, 1.165) is 5.56 Å². The third-order valence-corrected chi connectivity index (χ3v) is 9.29. The van der Waals surface area contributed by atoms with Gasteiger partial charge >= 0.3 is 0 Å². The maximum Gasteiger partial charge on any atom is 0.192 e. The van der Waals surface area contributed by atoms with E-state index in [2.05, 4.69) is 33.9 Å². The largest absolute Gasteiger partial charge is 0.410 e. The fourth-order valence-electron chi connectivity index (χ4n) is 2.28. The van der Waals surface area contributed by atoms with Crippen LogP contribution in [0.25, 0.3) is 0 Å². The first kappa shape index (κ1) is 18.1. The van der Waals surface area contributed by atoms with Gasteiger partial charge in [0.1, 0.15) is 6.10 Å². The van der Waals surface area contributed by atoms with Crippen molar-refractivity contribution in [2.24, 2.45) is 0 Å². The van der Waals surface area contributed by atoms with Crippen molar-refractivity contribution in [1.29, 1.82) is 0 Å². The molecule has 3 nitrogen and oxygen atoms in total. The van der Waals surface area contributed by atoms with Crippen molar-refractivity contribution in [2.45, 2.75) is 64.1 Å². The Balaban J connectivity index is 1.96. The average molecular weight is 333 g/mol. The van der Waals surface area contributed by atoms with Crippen LogP contribution in [0.3, 0.4) is 0 Å². The zero-order valence-corrected chi connectivity index (χ0v) is 15.8. The molecule has 1 aliphatic rings. The molecule has 0 fully saturated rings. The highest BCUT2D eigenvalue weighted by Crippen LogP contribution is 2.38. The lowest BCUT2D eigenvalue weighted by Crippen LogP contribution is -2.45. The van der Waals surface area contributed by atoms with Crippen LogP contribution < -0.4 is 0 Å². The second-order valence-corrected chi connectivity index (χ2v) is 12.5. The minimum atomic E-state index is -1.85. The molecule has 126 valence electrons. The molecule has 0 heterocycles. The van der Waals surface area contributed by atoms with E-state index in [1.165, 1.54) is 0 Å². The van der Waals surface area contributed by atoms with Crippen molar-refractivity contribution in [3.8, 4) is 0 Å². The number of carbonyl (C=O) groups excluding carboxylic acids is 1. The van der Waals surface area contributed by atoms with Crippen molar-refractivity contribution in [3.63, 3.8) is 0 Å². The molecule has 1 aromatic carbocycles. The van der Waals surface area contributed by atoms with Crippen LogP contribution in [-0.2, 0) is 20.6 Å². The number of hydrogen-bond acceptors (Lipinski definition) is 3. The minimum Gasteiger partial charge on any atom is -0.410 e. The lowest BCUT2D eigenvalue weighted by Gasteiger charge is -2.39. The van der Waals surface area contributed by atoms with E-state index < -0.39 is 14.4 Å². The van der Waals surface area contributed by atoms with Crippen molar-refractivity contribution in [1.82, 2.24) is 0 Å². The number of benzene rings is 1. The molecule has 0 saturated carbocycles. The zero-order valence-electron chi connectivity index (χ0n) is 14.8. The smallest absolute Gasteiger partial charge is 0.192 e. The molecule has 0 aromatic heterocycles. The van der Waals surface area contributed by atoms with Crippen molar-refractivity contribution in [2.75, 3.05) is 0 Å². The van der Waals surface area contributed by atoms with E-state index in [1.54, 1.807) is 6.08 Å². The molecule has 0 N–H and O–H groups in total.